The Morgan fingerprint density at radius 2 is 1.96 bits per heavy atom. The lowest BCUT2D eigenvalue weighted by Gasteiger charge is -2.12. The normalized spacial score (nSPS) is 13.3. The topological polar surface area (TPSA) is 59.6 Å². The summed E-state index contributed by atoms with van der Waals surface area (Å²) >= 11 is 13.2. The number of hydrogen-bond donors (Lipinski definition) is 2. The highest BCUT2D eigenvalue weighted by atomic mass is 35.5. The molecule has 0 bridgehead atoms. The van der Waals surface area contributed by atoms with Gasteiger partial charge in [0.15, 0.2) is 5.11 Å². The van der Waals surface area contributed by atoms with Crippen molar-refractivity contribution in [2.24, 2.45) is 0 Å². The Morgan fingerprint density at radius 3 is 2.67 bits per heavy atom. The van der Waals surface area contributed by atoms with Crippen LogP contribution in [0.4, 0.5) is 10.7 Å². The van der Waals surface area contributed by atoms with E-state index in [0.717, 1.165) is 41.9 Å². The van der Waals surface area contributed by atoms with E-state index >= 15 is 0 Å². The molecule has 0 spiro atoms. The molecule has 0 saturated carbocycles. The average molecular weight is 425 g/mol. The maximum atomic E-state index is 12.4. The lowest BCUT2D eigenvalue weighted by Crippen LogP contribution is -2.20. The molecule has 5 nitrogen and oxygen atoms in total. The number of thiophene rings is 1. The van der Waals surface area contributed by atoms with Crippen LogP contribution >= 0.6 is 35.2 Å². The minimum atomic E-state index is -0.327. The highest BCUT2D eigenvalue weighted by Gasteiger charge is 2.25. The number of nitrogens with one attached hydrogen (secondary N) is 2. The van der Waals surface area contributed by atoms with E-state index in [1.165, 1.54) is 18.4 Å². The van der Waals surface area contributed by atoms with Gasteiger partial charge in [0.2, 0.25) is 0 Å². The summed E-state index contributed by atoms with van der Waals surface area (Å²) in [5, 5.41) is 7.86. The van der Waals surface area contributed by atoms with Crippen molar-refractivity contribution in [2.75, 3.05) is 24.9 Å². The number of rotatable bonds is 4. The number of methoxy groups -OCH3 is 2. The van der Waals surface area contributed by atoms with E-state index in [-0.39, 0.29) is 5.97 Å². The molecule has 0 fully saturated rings. The molecule has 0 atom stereocenters. The number of ether oxygens (including phenoxy) is 2. The molecule has 1 aromatic heterocycles. The highest BCUT2D eigenvalue weighted by Crippen LogP contribution is 2.38. The molecule has 1 aliphatic rings. The van der Waals surface area contributed by atoms with Gasteiger partial charge in [-0.05, 0) is 61.7 Å². The molecular formula is C19H21ClN2O3S2. The van der Waals surface area contributed by atoms with Gasteiger partial charge in [0.1, 0.15) is 10.8 Å². The lowest BCUT2D eigenvalue weighted by molar-refractivity contribution is 0.0601. The van der Waals surface area contributed by atoms with Gasteiger partial charge in [-0.25, -0.2) is 4.79 Å². The first-order valence-corrected chi connectivity index (χ1v) is 10.3. The maximum Gasteiger partial charge on any atom is 0.341 e. The predicted molar refractivity (Wildman–Crippen MR) is 115 cm³/mol. The van der Waals surface area contributed by atoms with E-state index in [2.05, 4.69) is 10.6 Å². The van der Waals surface area contributed by atoms with Crippen molar-refractivity contribution < 1.29 is 14.3 Å². The number of anilines is 2. The molecule has 144 valence electrons. The number of carbonyl (C=O) groups excluding carboxylic acids is 1. The highest BCUT2D eigenvalue weighted by molar-refractivity contribution is 7.80. The zero-order valence-electron chi connectivity index (χ0n) is 15.2. The molecular weight excluding hydrogens is 404 g/mol. The van der Waals surface area contributed by atoms with Crippen LogP contribution < -0.4 is 15.4 Å². The average Bonchev–Trinajstić information content (AvgIpc) is 2.82. The van der Waals surface area contributed by atoms with Gasteiger partial charge >= 0.3 is 5.97 Å². The number of halogens is 1. The molecule has 3 rings (SSSR count). The summed E-state index contributed by atoms with van der Waals surface area (Å²) in [6, 6.07) is 5.32. The van der Waals surface area contributed by atoms with Gasteiger partial charge in [-0.15, -0.1) is 11.3 Å². The number of esters is 1. The van der Waals surface area contributed by atoms with Crippen molar-refractivity contribution in [1.29, 1.82) is 0 Å². The first-order chi connectivity index (χ1) is 13.0. The zero-order chi connectivity index (χ0) is 19.4. The first-order valence-electron chi connectivity index (χ1n) is 8.68. The van der Waals surface area contributed by atoms with Gasteiger partial charge < -0.3 is 20.1 Å². The molecule has 2 aromatic rings. The fourth-order valence-electron chi connectivity index (χ4n) is 3.16. The minimum Gasteiger partial charge on any atom is -0.495 e. The van der Waals surface area contributed by atoms with Gasteiger partial charge in [0.05, 0.1) is 24.8 Å². The zero-order valence-corrected chi connectivity index (χ0v) is 17.6. The molecule has 0 aliphatic heterocycles. The number of fused-ring (bicyclic) bond motifs is 1. The standard InChI is InChI=1S/C19H21ClN2O3S2/c1-24-14-9-8-11(10-13(14)20)21-19(26)22-17-16(18(23)25-2)12-6-4-3-5-7-15(12)27-17/h8-10H,3-7H2,1-2H3,(H2,21,22,26). The van der Waals surface area contributed by atoms with E-state index in [1.807, 2.05) is 6.07 Å². The van der Waals surface area contributed by atoms with Gasteiger partial charge in [0, 0.05) is 10.6 Å². The molecule has 0 radical (unpaired) electrons. The van der Waals surface area contributed by atoms with Gasteiger partial charge in [-0.3, -0.25) is 0 Å². The number of aryl methyl sites for hydroxylation is 1. The molecule has 8 heteroatoms. The van der Waals surface area contributed by atoms with E-state index in [9.17, 15) is 4.79 Å². The second-order valence-electron chi connectivity index (χ2n) is 6.19. The van der Waals surface area contributed by atoms with Crippen molar-refractivity contribution in [3.63, 3.8) is 0 Å². The SMILES string of the molecule is COC(=O)c1c(NC(=S)Nc2ccc(OC)c(Cl)c2)sc2c1CCCCC2. The van der Waals surface area contributed by atoms with Crippen LogP contribution in [0.15, 0.2) is 18.2 Å². The summed E-state index contributed by atoms with van der Waals surface area (Å²) in [7, 11) is 2.97. The van der Waals surface area contributed by atoms with Crippen LogP contribution in [-0.4, -0.2) is 25.3 Å². The van der Waals surface area contributed by atoms with Crippen molar-refractivity contribution in [1.82, 2.24) is 0 Å². The van der Waals surface area contributed by atoms with Crippen molar-refractivity contribution in [2.45, 2.75) is 32.1 Å². The quantitative estimate of drug-likeness (QED) is 0.396. The Balaban J connectivity index is 1.81. The second kappa shape index (κ2) is 8.91. The lowest BCUT2D eigenvalue weighted by atomic mass is 10.1. The first kappa shape index (κ1) is 19.9. The third-order valence-electron chi connectivity index (χ3n) is 4.45. The summed E-state index contributed by atoms with van der Waals surface area (Å²) in [6.07, 6.45) is 5.29. The number of hydrogen-bond acceptors (Lipinski definition) is 5. The Morgan fingerprint density at radius 1 is 1.19 bits per heavy atom. The van der Waals surface area contributed by atoms with Crippen molar-refractivity contribution in [3.05, 3.63) is 39.2 Å². The molecule has 1 aliphatic carbocycles. The van der Waals surface area contributed by atoms with E-state index in [1.54, 1.807) is 30.6 Å². The second-order valence-corrected chi connectivity index (χ2v) is 8.11. The Kier molecular flexibility index (Phi) is 6.57. The van der Waals surface area contributed by atoms with Gasteiger partial charge in [-0.2, -0.15) is 0 Å². The van der Waals surface area contributed by atoms with E-state index in [4.69, 9.17) is 33.3 Å². The number of carbonyl (C=O) groups is 1. The summed E-state index contributed by atoms with van der Waals surface area (Å²) in [5.41, 5.74) is 2.44. The molecule has 2 N–H and O–H groups in total. The van der Waals surface area contributed by atoms with Crippen molar-refractivity contribution in [3.8, 4) is 5.75 Å². The van der Waals surface area contributed by atoms with E-state index < -0.39 is 0 Å². The summed E-state index contributed by atoms with van der Waals surface area (Å²) in [6.45, 7) is 0. The molecule has 0 saturated heterocycles. The van der Waals surface area contributed by atoms with Crippen LogP contribution in [0, 0.1) is 0 Å². The Hall–Kier alpha value is -1.83. The summed E-state index contributed by atoms with van der Waals surface area (Å²) in [4.78, 5) is 13.6. The van der Waals surface area contributed by atoms with Gasteiger partial charge in [-0.1, -0.05) is 18.0 Å². The number of benzene rings is 1. The van der Waals surface area contributed by atoms with Crippen molar-refractivity contribution >= 4 is 56.9 Å². The van der Waals surface area contributed by atoms with Crippen LogP contribution in [0.1, 0.15) is 40.1 Å². The fourth-order valence-corrected chi connectivity index (χ4v) is 4.98. The van der Waals surface area contributed by atoms with Crippen LogP contribution in [0.5, 0.6) is 5.75 Å². The molecule has 27 heavy (non-hydrogen) atoms. The number of thiocarbonyl (C=S) groups is 1. The minimum absolute atomic E-state index is 0.327. The van der Waals surface area contributed by atoms with Gasteiger partial charge in [0.25, 0.3) is 0 Å². The Labute approximate surface area is 173 Å². The van der Waals surface area contributed by atoms with Crippen LogP contribution in [0.25, 0.3) is 0 Å². The van der Waals surface area contributed by atoms with E-state index in [0.29, 0.717) is 21.4 Å². The summed E-state index contributed by atoms with van der Waals surface area (Å²) < 4.78 is 10.2. The molecule has 1 aromatic carbocycles. The van der Waals surface area contributed by atoms with Crippen LogP contribution in [0.3, 0.4) is 0 Å². The smallest absolute Gasteiger partial charge is 0.341 e. The van der Waals surface area contributed by atoms with Crippen LogP contribution in [-0.2, 0) is 17.6 Å². The third-order valence-corrected chi connectivity index (χ3v) is 6.15. The van der Waals surface area contributed by atoms with Crippen LogP contribution in [0.2, 0.25) is 5.02 Å². The molecule has 1 heterocycles. The summed E-state index contributed by atoms with van der Waals surface area (Å²) in [5.74, 6) is 0.267. The third kappa shape index (κ3) is 4.54. The predicted octanol–water partition coefficient (Wildman–Crippen LogP) is 5.27. The fraction of sp³-hybridized carbons (Fsp3) is 0.368. The largest absolute Gasteiger partial charge is 0.495 e. The molecule has 0 unspecified atom stereocenters. The Bertz CT molecular complexity index is 867. The monoisotopic (exact) mass is 424 g/mol. The molecule has 0 amide bonds. The maximum absolute atomic E-state index is 12.4.